The summed E-state index contributed by atoms with van der Waals surface area (Å²) in [5, 5.41) is 0. The number of halogens is 1. The van der Waals surface area contributed by atoms with Gasteiger partial charge in [0.2, 0.25) is 0 Å². The fourth-order valence-electron chi connectivity index (χ4n) is 0.0962. The zero-order chi connectivity index (χ0) is 4.99. The number of hydrogen-bond donors (Lipinski definition) is 2. The largest absolute Gasteiger partial charge is 0.328 e. The molecular weight excluding hydrogens is 83.0 g/mol. The zero-order valence-electron chi connectivity index (χ0n) is 3.52. The molecule has 0 radical (unpaired) electrons. The molecule has 0 aromatic heterocycles. The summed E-state index contributed by atoms with van der Waals surface area (Å²) in [6, 6.07) is 0. The van der Waals surface area contributed by atoms with Gasteiger partial charge in [0.05, 0.1) is 0 Å². The van der Waals surface area contributed by atoms with Crippen molar-refractivity contribution in [2.45, 2.75) is 6.17 Å². The first kappa shape index (κ1) is 5.85. The van der Waals surface area contributed by atoms with E-state index < -0.39 is 6.17 Å². The zero-order valence-corrected chi connectivity index (χ0v) is 3.52. The van der Waals surface area contributed by atoms with Gasteiger partial charge in [-0.3, -0.25) is 0 Å². The van der Waals surface area contributed by atoms with E-state index in [-0.39, 0.29) is 13.1 Å². The summed E-state index contributed by atoms with van der Waals surface area (Å²) in [5.41, 5.74) is 9.66. The highest BCUT2D eigenvalue weighted by atomic mass is 19.1. The maximum atomic E-state index is 11.6. The first-order valence-corrected chi connectivity index (χ1v) is 1.85. The molecule has 0 rings (SSSR count). The minimum atomic E-state index is -1.01. The van der Waals surface area contributed by atoms with Crippen LogP contribution in [-0.4, -0.2) is 19.3 Å². The Morgan fingerprint density at radius 1 is 1.33 bits per heavy atom. The molecule has 0 aromatic rings. The lowest BCUT2D eigenvalue weighted by Crippen LogP contribution is -2.23. The Labute approximate surface area is 36.3 Å². The van der Waals surface area contributed by atoms with Gasteiger partial charge in [0.15, 0.2) is 0 Å². The van der Waals surface area contributed by atoms with Crippen LogP contribution in [0.4, 0.5) is 4.39 Å². The summed E-state index contributed by atoms with van der Waals surface area (Å²) in [4.78, 5) is 0. The van der Waals surface area contributed by atoms with Crippen molar-refractivity contribution >= 4 is 0 Å². The first-order chi connectivity index (χ1) is 2.81. The molecule has 0 aromatic carbocycles. The van der Waals surface area contributed by atoms with Gasteiger partial charge in [0.1, 0.15) is 6.17 Å². The second kappa shape index (κ2) is 3.06. The second-order valence-corrected chi connectivity index (χ2v) is 1.07. The molecule has 0 bridgehead atoms. The van der Waals surface area contributed by atoms with E-state index in [1.54, 1.807) is 0 Å². The van der Waals surface area contributed by atoms with Gasteiger partial charge in [-0.05, 0) is 0 Å². The van der Waals surface area contributed by atoms with Crippen LogP contribution in [0.2, 0.25) is 0 Å². The van der Waals surface area contributed by atoms with Crippen molar-refractivity contribution in [3.63, 3.8) is 0 Å². The van der Waals surface area contributed by atoms with Crippen molar-refractivity contribution in [2.75, 3.05) is 13.1 Å². The number of nitrogens with two attached hydrogens (primary N) is 2. The molecule has 0 fully saturated rings. The molecule has 4 N–H and O–H groups in total. The van der Waals surface area contributed by atoms with Crippen LogP contribution in [0.1, 0.15) is 0 Å². The number of alkyl halides is 1. The highest BCUT2D eigenvalue weighted by molar-refractivity contribution is 4.53. The fraction of sp³-hybridized carbons (Fsp3) is 1.00. The summed E-state index contributed by atoms with van der Waals surface area (Å²) in [5.74, 6) is 0. The van der Waals surface area contributed by atoms with E-state index in [1.807, 2.05) is 0 Å². The molecule has 0 spiro atoms. The molecule has 2 nitrogen and oxygen atoms in total. The SMILES string of the molecule is NCC(F)CN. The van der Waals surface area contributed by atoms with E-state index in [4.69, 9.17) is 11.5 Å². The summed E-state index contributed by atoms with van der Waals surface area (Å²) >= 11 is 0. The molecule has 0 saturated carbocycles. The van der Waals surface area contributed by atoms with Crippen LogP contribution in [0.25, 0.3) is 0 Å². The van der Waals surface area contributed by atoms with Crippen molar-refractivity contribution in [1.29, 1.82) is 0 Å². The summed E-state index contributed by atoms with van der Waals surface area (Å²) in [6.45, 7) is 0.0764. The maximum Gasteiger partial charge on any atom is 0.124 e. The molecule has 0 amide bonds. The van der Waals surface area contributed by atoms with E-state index in [2.05, 4.69) is 0 Å². The predicted molar refractivity (Wildman–Crippen MR) is 23.0 cm³/mol. The lowest BCUT2D eigenvalue weighted by atomic mass is 10.4. The third-order valence-electron chi connectivity index (χ3n) is 0.512. The normalized spacial score (nSPS) is 10.0. The highest BCUT2D eigenvalue weighted by Crippen LogP contribution is 1.77. The van der Waals surface area contributed by atoms with Gasteiger partial charge in [0.25, 0.3) is 0 Å². The molecule has 0 aliphatic carbocycles. The van der Waals surface area contributed by atoms with Gasteiger partial charge in [-0.2, -0.15) is 0 Å². The minimum Gasteiger partial charge on any atom is -0.328 e. The smallest absolute Gasteiger partial charge is 0.124 e. The van der Waals surface area contributed by atoms with E-state index in [9.17, 15) is 4.39 Å². The topological polar surface area (TPSA) is 52.0 Å². The lowest BCUT2D eigenvalue weighted by molar-refractivity contribution is 0.350. The van der Waals surface area contributed by atoms with Gasteiger partial charge >= 0.3 is 0 Å². The molecule has 0 aliphatic heterocycles. The van der Waals surface area contributed by atoms with Crippen molar-refractivity contribution in [2.24, 2.45) is 11.5 Å². The fourth-order valence-corrected chi connectivity index (χ4v) is 0.0962. The quantitative estimate of drug-likeness (QED) is 0.470. The summed E-state index contributed by atoms with van der Waals surface area (Å²) < 4.78 is 11.6. The maximum absolute atomic E-state index is 11.6. The molecule has 0 atom stereocenters. The average molecular weight is 92.1 g/mol. The standard InChI is InChI=1S/C3H9FN2/c4-3(1-5)2-6/h3H,1-2,5-6H2. The Hall–Kier alpha value is -0.150. The Bertz CT molecular complexity index is 28.0. The highest BCUT2D eigenvalue weighted by Gasteiger charge is 1.94. The van der Waals surface area contributed by atoms with Gasteiger partial charge in [-0.25, -0.2) is 4.39 Å². The van der Waals surface area contributed by atoms with Crippen molar-refractivity contribution in [3.8, 4) is 0 Å². The lowest BCUT2D eigenvalue weighted by Gasteiger charge is -1.94. The Balaban J connectivity index is 2.75. The Morgan fingerprint density at radius 2 is 1.67 bits per heavy atom. The van der Waals surface area contributed by atoms with Crippen molar-refractivity contribution in [1.82, 2.24) is 0 Å². The molecule has 0 aliphatic rings. The van der Waals surface area contributed by atoms with Gasteiger partial charge in [0, 0.05) is 13.1 Å². The Morgan fingerprint density at radius 3 is 1.67 bits per heavy atom. The molecule has 38 valence electrons. The van der Waals surface area contributed by atoms with Gasteiger partial charge in [-0.1, -0.05) is 0 Å². The van der Waals surface area contributed by atoms with Crippen LogP contribution in [0.15, 0.2) is 0 Å². The van der Waals surface area contributed by atoms with Crippen LogP contribution < -0.4 is 11.5 Å². The van der Waals surface area contributed by atoms with E-state index in [0.29, 0.717) is 0 Å². The molecule has 0 unspecified atom stereocenters. The van der Waals surface area contributed by atoms with Gasteiger partial charge in [-0.15, -0.1) is 0 Å². The number of hydrogen-bond acceptors (Lipinski definition) is 2. The molecule has 0 saturated heterocycles. The monoisotopic (exact) mass is 92.1 g/mol. The van der Waals surface area contributed by atoms with Crippen molar-refractivity contribution in [3.05, 3.63) is 0 Å². The summed E-state index contributed by atoms with van der Waals surface area (Å²) in [6.07, 6.45) is -1.01. The second-order valence-electron chi connectivity index (χ2n) is 1.07. The molecule has 0 heterocycles. The third kappa shape index (κ3) is 2.11. The van der Waals surface area contributed by atoms with Crippen LogP contribution in [0.3, 0.4) is 0 Å². The predicted octanol–water partition coefficient (Wildman–Crippen LogP) is -0.758. The van der Waals surface area contributed by atoms with Crippen LogP contribution in [0.5, 0.6) is 0 Å². The minimum absolute atomic E-state index is 0.0382. The average Bonchev–Trinajstić information content (AvgIpc) is 1.65. The van der Waals surface area contributed by atoms with E-state index in [0.717, 1.165) is 0 Å². The van der Waals surface area contributed by atoms with Crippen LogP contribution in [-0.2, 0) is 0 Å². The molecule has 6 heavy (non-hydrogen) atoms. The molecular formula is C3H9FN2. The Kier molecular flexibility index (Phi) is 2.98. The van der Waals surface area contributed by atoms with Crippen molar-refractivity contribution < 1.29 is 4.39 Å². The third-order valence-corrected chi connectivity index (χ3v) is 0.512. The molecule has 3 heteroatoms. The van der Waals surface area contributed by atoms with Crippen LogP contribution >= 0.6 is 0 Å². The first-order valence-electron chi connectivity index (χ1n) is 1.85. The van der Waals surface area contributed by atoms with E-state index in [1.165, 1.54) is 0 Å². The van der Waals surface area contributed by atoms with Gasteiger partial charge < -0.3 is 11.5 Å². The van der Waals surface area contributed by atoms with E-state index >= 15 is 0 Å². The number of rotatable bonds is 2. The summed E-state index contributed by atoms with van der Waals surface area (Å²) in [7, 11) is 0. The van der Waals surface area contributed by atoms with Crippen LogP contribution in [0, 0.1) is 0 Å².